The van der Waals surface area contributed by atoms with Crippen molar-refractivity contribution in [3.05, 3.63) is 63.8 Å². The SMILES string of the molecule is CCn1c(=O)n(CC)c2cc(N3CC(C(=O)O)C(=O)N(Cc4cccc(F)c4C(F)(F)F)C3=O)ccc21. The fourth-order valence-electron chi connectivity index (χ4n) is 4.59. The lowest BCUT2D eigenvalue weighted by molar-refractivity contribution is -0.151. The first-order chi connectivity index (χ1) is 17.4. The highest BCUT2D eigenvalue weighted by atomic mass is 19.4. The maximum absolute atomic E-state index is 14.1. The van der Waals surface area contributed by atoms with Gasteiger partial charge in [-0.15, -0.1) is 0 Å². The lowest BCUT2D eigenvalue weighted by Crippen LogP contribution is -2.58. The van der Waals surface area contributed by atoms with E-state index in [0.717, 1.165) is 17.0 Å². The first-order valence-corrected chi connectivity index (χ1v) is 11.3. The molecule has 1 aromatic heterocycles. The molecule has 3 aromatic rings. The summed E-state index contributed by atoms with van der Waals surface area (Å²) in [6.45, 7) is 2.65. The van der Waals surface area contributed by atoms with Crippen LogP contribution < -0.4 is 10.6 Å². The molecule has 0 saturated carbocycles. The third-order valence-corrected chi connectivity index (χ3v) is 6.35. The summed E-state index contributed by atoms with van der Waals surface area (Å²) in [5.74, 6) is -6.15. The van der Waals surface area contributed by atoms with Crippen molar-refractivity contribution in [3.63, 3.8) is 0 Å². The lowest BCUT2D eigenvalue weighted by Gasteiger charge is -2.37. The summed E-state index contributed by atoms with van der Waals surface area (Å²) in [7, 11) is 0. The van der Waals surface area contributed by atoms with Gasteiger partial charge in [0.2, 0.25) is 5.91 Å². The van der Waals surface area contributed by atoms with Gasteiger partial charge in [-0.2, -0.15) is 13.2 Å². The van der Waals surface area contributed by atoms with Crippen LogP contribution >= 0.6 is 0 Å². The summed E-state index contributed by atoms with van der Waals surface area (Å²) in [4.78, 5) is 52.1. The Kier molecular flexibility index (Phi) is 6.57. The van der Waals surface area contributed by atoms with Gasteiger partial charge in [-0.05, 0) is 43.7 Å². The maximum Gasteiger partial charge on any atom is 0.419 e. The minimum atomic E-state index is -5.12. The number of hydrogen-bond donors (Lipinski definition) is 1. The van der Waals surface area contributed by atoms with Crippen molar-refractivity contribution >= 4 is 34.6 Å². The first-order valence-electron chi connectivity index (χ1n) is 11.3. The number of halogens is 4. The molecule has 37 heavy (non-hydrogen) atoms. The van der Waals surface area contributed by atoms with Crippen molar-refractivity contribution in [1.82, 2.24) is 14.0 Å². The number of carboxylic acids is 1. The van der Waals surface area contributed by atoms with Gasteiger partial charge in [-0.1, -0.05) is 12.1 Å². The van der Waals surface area contributed by atoms with Crippen LogP contribution in [-0.2, 0) is 35.4 Å². The van der Waals surface area contributed by atoms with Gasteiger partial charge in [0.1, 0.15) is 5.82 Å². The van der Waals surface area contributed by atoms with Crippen LogP contribution in [0.3, 0.4) is 0 Å². The second kappa shape index (κ2) is 9.37. The Labute approximate surface area is 207 Å². The number of fused-ring (bicyclic) bond motifs is 1. The Balaban J connectivity index is 1.81. The standard InChI is InChI=1S/C24H22F4N4O5/c1-3-29-17-9-8-14(10-18(17)30(4-2)22(29)36)31-12-15(21(34)35)20(33)32(23(31)37)11-13-6-5-7-16(25)19(13)24(26,27)28/h5-10,15H,3-4,11-12H2,1-2H3,(H,34,35). The molecule has 13 heteroatoms. The Morgan fingerprint density at radius 1 is 1.03 bits per heavy atom. The number of aliphatic carboxylic acids is 1. The minimum Gasteiger partial charge on any atom is -0.481 e. The molecule has 1 fully saturated rings. The predicted molar refractivity (Wildman–Crippen MR) is 123 cm³/mol. The number of imide groups is 1. The molecular formula is C24H22F4N4O5. The van der Waals surface area contributed by atoms with E-state index in [1.165, 1.54) is 21.3 Å². The van der Waals surface area contributed by atoms with E-state index >= 15 is 0 Å². The molecule has 3 amide bonds. The molecule has 1 aliphatic rings. The van der Waals surface area contributed by atoms with E-state index < -0.39 is 60.0 Å². The molecule has 1 unspecified atom stereocenters. The zero-order valence-electron chi connectivity index (χ0n) is 19.8. The van der Waals surface area contributed by atoms with Crippen LogP contribution in [0.25, 0.3) is 11.0 Å². The number of nitrogens with zero attached hydrogens (tertiary/aromatic N) is 4. The molecule has 4 rings (SSSR count). The highest BCUT2D eigenvalue weighted by Crippen LogP contribution is 2.36. The Morgan fingerprint density at radius 3 is 2.27 bits per heavy atom. The van der Waals surface area contributed by atoms with Gasteiger partial charge in [-0.25, -0.2) is 14.0 Å². The zero-order chi connectivity index (χ0) is 27.2. The first kappa shape index (κ1) is 25.9. The Bertz CT molecular complexity index is 1480. The molecule has 1 N–H and O–H groups in total. The summed E-state index contributed by atoms with van der Waals surface area (Å²) < 4.78 is 57.6. The van der Waals surface area contributed by atoms with Crippen molar-refractivity contribution in [1.29, 1.82) is 0 Å². The number of anilines is 1. The van der Waals surface area contributed by atoms with Gasteiger partial charge in [0, 0.05) is 25.3 Å². The molecule has 196 valence electrons. The normalized spacial score (nSPS) is 16.6. The maximum atomic E-state index is 14.1. The van der Waals surface area contributed by atoms with Gasteiger partial charge < -0.3 is 5.11 Å². The summed E-state index contributed by atoms with van der Waals surface area (Å²) in [5, 5.41) is 9.62. The number of aromatic nitrogens is 2. The van der Waals surface area contributed by atoms with Crippen LogP contribution in [-0.4, -0.2) is 43.6 Å². The monoisotopic (exact) mass is 522 g/mol. The second-order valence-electron chi connectivity index (χ2n) is 8.42. The number of carbonyl (C=O) groups excluding carboxylic acids is 2. The molecule has 0 aliphatic carbocycles. The molecule has 1 atom stereocenters. The molecule has 9 nitrogen and oxygen atoms in total. The van der Waals surface area contributed by atoms with Crippen LogP contribution in [0.2, 0.25) is 0 Å². The number of hydrogen-bond acceptors (Lipinski definition) is 4. The highest BCUT2D eigenvalue weighted by Gasteiger charge is 2.45. The van der Waals surface area contributed by atoms with E-state index in [-0.39, 0.29) is 11.4 Å². The molecule has 2 heterocycles. The fourth-order valence-corrected chi connectivity index (χ4v) is 4.59. The van der Waals surface area contributed by atoms with Gasteiger partial charge >= 0.3 is 23.9 Å². The molecule has 1 saturated heterocycles. The predicted octanol–water partition coefficient (Wildman–Crippen LogP) is 3.67. The molecule has 1 aliphatic heterocycles. The quantitative estimate of drug-likeness (QED) is 0.393. The number of carbonyl (C=O) groups is 3. The van der Waals surface area contributed by atoms with E-state index in [9.17, 15) is 41.8 Å². The van der Waals surface area contributed by atoms with Gasteiger partial charge in [-0.3, -0.25) is 28.5 Å². The van der Waals surface area contributed by atoms with E-state index in [1.54, 1.807) is 19.9 Å². The van der Waals surface area contributed by atoms with E-state index in [1.807, 2.05) is 0 Å². The van der Waals surface area contributed by atoms with Crippen LogP contribution in [0.1, 0.15) is 25.0 Å². The molecule has 0 bridgehead atoms. The number of carboxylic acid groups (broad SMARTS) is 1. The van der Waals surface area contributed by atoms with Crippen molar-refractivity contribution in [2.24, 2.45) is 5.92 Å². The van der Waals surface area contributed by atoms with Crippen LogP contribution in [0.15, 0.2) is 41.2 Å². The largest absolute Gasteiger partial charge is 0.481 e. The second-order valence-corrected chi connectivity index (χ2v) is 8.42. The lowest BCUT2D eigenvalue weighted by atomic mass is 10.0. The van der Waals surface area contributed by atoms with Gasteiger partial charge in [0.25, 0.3) is 0 Å². The number of amides is 3. The van der Waals surface area contributed by atoms with Gasteiger partial charge in [0.05, 0.1) is 23.1 Å². The third kappa shape index (κ3) is 4.34. The summed E-state index contributed by atoms with van der Waals surface area (Å²) >= 11 is 0. The third-order valence-electron chi connectivity index (χ3n) is 6.35. The fraction of sp³-hybridized carbons (Fsp3) is 0.333. The number of alkyl halides is 3. The molecule has 0 radical (unpaired) electrons. The average Bonchev–Trinajstić information content (AvgIpc) is 3.10. The van der Waals surface area contributed by atoms with Crippen molar-refractivity contribution in [2.45, 2.75) is 39.7 Å². The smallest absolute Gasteiger partial charge is 0.419 e. The number of urea groups is 1. The van der Waals surface area contributed by atoms with E-state index in [0.29, 0.717) is 35.1 Å². The number of aryl methyl sites for hydroxylation is 2. The minimum absolute atomic E-state index is 0.145. The number of rotatable bonds is 6. The van der Waals surface area contributed by atoms with Crippen molar-refractivity contribution in [3.8, 4) is 0 Å². The molecule has 0 spiro atoms. The molecular weight excluding hydrogens is 500 g/mol. The van der Waals surface area contributed by atoms with E-state index in [4.69, 9.17) is 0 Å². The van der Waals surface area contributed by atoms with Crippen molar-refractivity contribution in [2.75, 3.05) is 11.4 Å². The van der Waals surface area contributed by atoms with Crippen molar-refractivity contribution < 1.29 is 37.1 Å². The van der Waals surface area contributed by atoms with Crippen LogP contribution in [0.5, 0.6) is 0 Å². The molecule has 2 aromatic carbocycles. The highest BCUT2D eigenvalue weighted by molar-refractivity contribution is 6.12. The summed E-state index contributed by atoms with van der Waals surface area (Å²) in [6, 6.07) is 5.97. The van der Waals surface area contributed by atoms with Crippen LogP contribution in [0.4, 0.5) is 28.0 Å². The van der Waals surface area contributed by atoms with Crippen LogP contribution in [0, 0.1) is 11.7 Å². The Morgan fingerprint density at radius 2 is 1.68 bits per heavy atom. The Hall–Kier alpha value is -4.16. The zero-order valence-corrected chi connectivity index (χ0v) is 19.8. The topological polar surface area (TPSA) is 105 Å². The van der Waals surface area contributed by atoms with Gasteiger partial charge in [0.15, 0.2) is 5.92 Å². The summed E-state index contributed by atoms with van der Waals surface area (Å²) in [5.41, 5.74) is -1.45. The number of imidazole rings is 1. The van der Waals surface area contributed by atoms with E-state index in [2.05, 4.69) is 0 Å². The summed E-state index contributed by atoms with van der Waals surface area (Å²) in [6.07, 6.45) is -5.12. The number of benzene rings is 2. The average molecular weight is 522 g/mol.